The zero-order valence-corrected chi connectivity index (χ0v) is 8.73. The fourth-order valence-electron chi connectivity index (χ4n) is 1.64. The van der Waals surface area contributed by atoms with Gasteiger partial charge >= 0.3 is 5.97 Å². The van der Waals surface area contributed by atoms with Crippen molar-refractivity contribution < 1.29 is 19.4 Å². The second-order valence-corrected chi connectivity index (χ2v) is 3.57. The standard InChI is InChI=1S/C10H18O4/c1-3-13-10(12)7(2)14-9-6-4-5-8(9)11/h7-9,11H,3-6H2,1-2H3/t7-,8-,9-/m0/s1. The maximum absolute atomic E-state index is 11.2. The van der Waals surface area contributed by atoms with Crippen molar-refractivity contribution in [3.63, 3.8) is 0 Å². The van der Waals surface area contributed by atoms with E-state index in [0.717, 1.165) is 19.3 Å². The number of aliphatic hydroxyl groups excluding tert-OH is 1. The van der Waals surface area contributed by atoms with Crippen LogP contribution in [0, 0.1) is 0 Å². The first-order valence-corrected chi connectivity index (χ1v) is 5.15. The van der Waals surface area contributed by atoms with E-state index in [9.17, 15) is 9.90 Å². The molecule has 0 unspecified atom stereocenters. The molecule has 4 nitrogen and oxygen atoms in total. The Hall–Kier alpha value is -0.610. The number of ether oxygens (including phenoxy) is 2. The van der Waals surface area contributed by atoms with E-state index in [1.807, 2.05) is 0 Å². The van der Waals surface area contributed by atoms with Gasteiger partial charge in [0.15, 0.2) is 6.10 Å². The number of rotatable bonds is 4. The summed E-state index contributed by atoms with van der Waals surface area (Å²) in [6.45, 7) is 3.78. The third-order valence-electron chi connectivity index (χ3n) is 2.42. The van der Waals surface area contributed by atoms with Crippen LogP contribution in [0.2, 0.25) is 0 Å². The maximum Gasteiger partial charge on any atom is 0.334 e. The van der Waals surface area contributed by atoms with Gasteiger partial charge in [0.2, 0.25) is 0 Å². The van der Waals surface area contributed by atoms with Crippen molar-refractivity contribution in [2.75, 3.05) is 6.61 Å². The van der Waals surface area contributed by atoms with Crippen molar-refractivity contribution in [1.82, 2.24) is 0 Å². The molecule has 0 amide bonds. The predicted molar refractivity (Wildman–Crippen MR) is 50.8 cm³/mol. The van der Waals surface area contributed by atoms with Gasteiger partial charge in [0.1, 0.15) is 0 Å². The molecule has 0 heterocycles. The van der Waals surface area contributed by atoms with Crippen molar-refractivity contribution in [2.24, 2.45) is 0 Å². The second-order valence-electron chi connectivity index (χ2n) is 3.57. The van der Waals surface area contributed by atoms with E-state index >= 15 is 0 Å². The molecule has 0 aromatic carbocycles. The zero-order chi connectivity index (χ0) is 10.6. The summed E-state index contributed by atoms with van der Waals surface area (Å²) in [6.07, 6.45) is 1.35. The third-order valence-corrected chi connectivity index (χ3v) is 2.42. The molecule has 0 saturated heterocycles. The highest BCUT2D eigenvalue weighted by Gasteiger charge is 2.29. The molecular weight excluding hydrogens is 184 g/mol. The molecule has 1 rings (SSSR count). The van der Waals surface area contributed by atoms with Crippen LogP contribution in [0.25, 0.3) is 0 Å². The Morgan fingerprint density at radius 1 is 1.57 bits per heavy atom. The van der Waals surface area contributed by atoms with Crippen LogP contribution in [0.4, 0.5) is 0 Å². The Morgan fingerprint density at radius 3 is 2.79 bits per heavy atom. The average molecular weight is 202 g/mol. The summed E-state index contributed by atoms with van der Waals surface area (Å²) in [7, 11) is 0. The molecule has 1 aliphatic rings. The van der Waals surface area contributed by atoms with Gasteiger partial charge in [-0.2, -0.15) is 0 Å². The van der Waals surface area contributed by atoms with Gasteiger partial charge in [-0.15, -0.1) is 0 Å². The van der Waals surface area contributed by atoms with Crippen LogP contribution in [-0.2, 0) is 14.3 Å². The number of hydrogen-bond acceptors (Lipinski definition) is 4. The van der Waals surface area contributed by atoms with Crippen molar-refractivity contribution in [2.45, 2.75) is 51.4 Å². The first-order valence-electron chi connectivity index (χ1n) is 5.15. The van der Waals surface area contributed by atoms with Crippen molar-refractivity contribution in [3.05, 3.63) is 0 Å². The lowest BCUT2D eigenvalue weighted by atomic mass is 10.2. The third kappa shape index (κ3) is 2.96. The van der Waals surface area contributed by atoms with E-state index in [1.54, 1.807) is 13.8 Å². The summed E-state index contributed by atoms with van der Waals surface area (Å²) in [4.78, 5) is 11.2. The molecule has 1 N–H and O–H groups in total. The minimum absolute atomic E-state index is 0.200. The van der Waals surface area contributed by atoms with Gasteiger partial charge < -0.3 is 14.6 Å². The number of hydrogen-bond donors (Lipinski definition) is 1. The van der Waals surface area contributed by atoms with Crippen LogP contribution < -0.4 is 0 Å². The Bertz CT molecular complexity index is 193. The fraction of sp³-hybridized carbons (Fsp3) is 0.900. The Kier molecular flexibility index (Phi) is 4.35. The zero-order valence-electron chi connectivity index (χ0n) is 8.73. The molecule has 0 aliphatic heterocycles. The molecule has 14 heavy (non-hydrogen) atoms. The SMILES string of the molecule is CCOC(=O)[C@H](C)O[C@H]1CCC[C@@H]1O. The fourth-order valence-corrected chi connectivity index (χ4v) is 1.64. The number of aliphatic hydroxyl groups is 1. The lowest BCUT2D eigenvalue weighted by molar-refractivity contribution is -0.161. The van der Waals surface area contributed by atoms with E-state index in [0.29, 0.717) is 6.61 Å². The minimum atomic E-state index is -0.576. The smallest absolute Gasteiger partial charge is 0.334 e. The lowest BCUT2D eigenvalue weighted by Crippen LogP contribution is -2.32. The normalized spacial score (nSPS) is 28.8. The van der Waals surface area contributed by atoms with E-state index in [-0.39, 0.29) is 12.1 Å². The molecule has 0 radical (unpaired) electrons. The number of esters is 1. The van der Waals surface area contributed by atoms with E-state index < -0.39 is 12.2 Å². The Morgan fingerprint density at radius 2 is 2.29 bits per heavy atom. The predicted octanol–water partition coefficient (Wildman–Crippen LogP) is 0.868. The summed E-state index contributed by atoms with van der Waals surface area (Å²) < 4.78 is 10.2. The molecule has 4 heteroatoms. The molecule has 0 bridgehead atoms. The summed E-state index contributed by atoms with van der Waals surface area (Å²) in [5.74, 6) is -0.355. The molecule has 82 valence electrons. The number of carbonyl (C=O) groups is 1. The lowest BCUT2D eigenvalue weighted by Gasteiger charge is -2.19. The van der Waals surface area contributed by atoms with Gasteiger partial charge in [0.25, 0.3) is 0 Å². The van der Waals surface area contributed by atoms with Crippen LogP contribution in [0.5, 0.6) is 0 Å². The molecular formula is C10H18O4. The monoisotopic (exact) mass is 202 g/mol. The topological polar surface area (TPSA) is 55.8 Å². The molecule has 0 spiro atoms. The Labute approximate surface area is 84.2 Å². The number of carbonyl (C=O) groups excluding carboxylic acids is 1. The highest BCUT2D eigenvalue weighted by molar-refractivity contribution is 5.74. The van der Waals surface area contributed by atoms with Crippen LogP contribution in [-0.4, -0.2) is 36.0 Å². The van der Waals surface area contributed by atoms with Crippen molar-refractivity contribution in [1.29, 1.82) is 0 Å². The van der Waals surface area contributed by atoms with Crippen molar-refractivity contribution >= 4 is 5.97 Å². The first-order chi connectivity index (χ1) is 6.65. The largest absolute Gasteiger partial charge is 0.464 e. The molecule has 1 saturated carbocycles. The van der Waals surface area contributed by atoms with Gasteiger partial charge in [0.05, 0.1) is 18.8 Å². The first kappa shape index (κ1) is 11.5. The second kappa shape index (κ2) is 5.32. The van der Waals surface area contributed by atoms with Crippen LogP contribution in [0.3, 0.4) is 0 Å². The summed E-state index contributed by atoms with van der Waals surface area (Å²) >= 11 is 0. The summed E-state index contributed by atoms with van der Waals surface area (Å²) in [5.41, 5.74) is 0. The Balaban J connectivity index is 2.32. The van der Waals surface area contributed by atoms with Gasteiger partial charge in [-0.3, -0.25) is 0 Å². The quantitative estimate of drug-likeness (QED) is 0.687. The van der Waals surface area contributed by atoms with Crippen LogP contribution in [0.1, 0.15) is 33.1 Å². The van der Waals surface area contributed by atoms with Gasteiger partial charge in [-0.05, 0) is 33.1 Å². The summed E-state index contributed by atoms with van der Waals surface area (Å²) in [5, 5.41) is 9.47. The van der Waals surface area contributed by atoms with Gasteiger partial charge in [-0.1, -0.05) is 0 Å². The van der Waals surface area contributed by atoms with Gasteiger partial charge in [0, 0.05) is 0 Å². The molecule has 1 fully saturated rings. The highest BCUT2D eigenvalue weighted by atomic mass is 16.6. The summed E-state index contributed by atoms with van der Waals surface area (Å²) in [6, 6.07) is 0. The highest BCUT2D eigenvalue weighted by Crippen LogP contribution is 2.23. The van der Waals surface area contributed by atoms with Crippen LogP contribution in [0.15, 0.2) is 0 Å². The van der Waals surface area contributed by atoms with Crippen molar-refractivity contribution in [3.8, 4) is 0 Å². The van der Waals surface area contributed by atoms with Gasteiger partial charge in [-0.25, -0.2) is 4.79 Å². The average Bonchev–Trinajstić information content (AvgIpc) is 2.52. The van der Waals surface area contributed by atoms with E-state index in [4.69, 9.17) is 9.47 Å². The molecule has 3 atom stereocenters. The maximum atomic E-state index is 11.2. The minimum Gasteiger partial charge on any atom is -0.464 e. The van der Waals surface area contributed by atoms with Crippen LogP contribution >= 0.6 is 0 Å². The van der Waals surface area contributed by atoms with E-state index in [2.05, 4.69) is 0 Å². The molecule has 1 aliphatic carbocycles. The molecule has 0 aromatic rings. The van der Waals surface area contributed by atoms with E-state index in [1.165, 1.54) is 0 Å². The molecule has 0 aromatic heterocycles.